The van der Waals surface area contributed by atoms with Gasteiger partial charge >= 0.3 is 12.1 Å². The van der Waals surface area contributed by atoms with E-state index >= 15 is 0 Å². The molecule has 0 rings (SSSR count). The maximum atomic E-state index is 11.0. The molecule has 0 fully saturated rings. The molecule has 10 heteroatoms. The van der Waals surface area contributed by atoms with E-state index in [0.717, 1.165) is 0 Å². The molecule has 18 heavy (non-hydrogen) atoms. The van der Waals surface area contributed by atoms with E-state index in [2.05, 4.69) is 20.1 Å². The van der Waals surface area contributed by atoms with Crippen molar-refractivity contribution in [2.75, 3.05) is 31.2 Å². The van der Waals surface area contributed by atoms with Gasteiger partial charge in [-0.15, -0.1) is 0 Å². The Morgan fingerprint density at radius 2 is 2.33 bits per heavy atom. The molecule has 0 bridgehead atoms. The summed E-state index contributed by atoms with van der Waals surface area (Å²) in [5.41, 5.74) is 13.2. The summed E-state index contributed by atoms with van der Waals surface area (Å²) in [5, 5.41) is 14.2. The number of rotatable bonds is 9. The van der Waals surface area contributed by atoms with Crippen LogP contribution in [0.25, 0.3) is 10.4 Å². The van der Waals surface area contributed by atoms with E-state index in [9.17, 15) is 9.59 Å². The molecule has 0 aromatic carbocycles. The van der Waals surface area contributed by atoms with E-state index in [1.807, 2.05) is 0 Å². The molecule has 0 saturated carbocycles. The Morgan fingerprint density at radius 3 is 2.94 bits per heavy atom. The first-order valence-electron chi connectivity index (χ1n) is 5.05. The summed E-state index contributed by atoms with van der Waals surface area (Å²) in [4.78, 5) is 23.9. The zero-order chi connectivity index (χ0) is 13.8. The molecule has 0 aliphatic rings. The van der Waals surface area contributed by atoms with Crippen molar-refractivity contribution < 1.29 is 19.4 Å². The Labute approximate surface area is 108 Å². The fourth-order valence-electron chi connectivity index (χ4n) is 0.782. The van der Waals surface area contributed by atoms with Crippen molar-refractivity contribution in [3.63, 3.8) is 0 Å². The number of hydrogen-bond donors (Lipinski definition) is 3. The van der Waals surface area contributed by atoms with Crippen molar-refractivity contribution in [1.82, 2.24) is 5.32 Å². The highest BCUT2D eigenvalue weighted by Gasteiger charge is 2.10. The molecule has 1 amide bonds. The van der Waals surface area contributed by atoms with Crippen LogP contribution in [0.15, 0.2) is 5.11 Å². The van der Waals surface area contributed by atoms with Crippen LogP contribution >= 0.6 is 11.8 Å². The monoisotopic (exact) mass is 277 g/mol. The van der Waals surface area contributed by atoms with Crippen molar-refractivity contribution in [2.45, 2.75) is 6.04 Å². The van der Waals surface area contributed by atoms with E-state index in [1.165, 1.54) is 11.8 Å². The minimum absolute atomic E-state index is 0.0208. The van der Waals surface area contributed by atoms with Gasteiger partial charge in [0.2, 0.25) is 0 Å². The lowest BCUT2D eigenvalue weighted by molar-refractivity contribution is -0.137. The molecule has 0 aromatic heterocycles. The fourth-order valence-corrected chi connectivity index (χ4v) is 1.59. The highest BCUT2D eigenvalue weighted by atomic mass is 32.2. The molecule has 0 heterocycles. The summed E-state index contributed by atoms with van der Waals surface area (Å²) in [6, 6.07) is -0.897. The van der Waals surface area contributed by atoms with Gasteiger partial charge in [-0.1, -0.05) is 5.11 Å². The summed E-state index contributed by atoms with van der Waals surface area (Å²) in [5.74, 6) is -0.233. The summed E-state index contributed by atoms with van der Waals surface area (Å²) < 4.78 is 4.67. The third-order valence-electron chi connectivity index (χ3n) is 1.62. The maximum absolute atomic E-state index is 11.0. The average molecular weight is 277 g/mol. The van der Waals surface area contributed by atoms with Gasteiger partial charge in [0.15, 0.2) is 0 Å². The Hall–Kier alpha value is -1.64. The third kappa shape index (κ3) is 9.58. The summed E-state index contributed by atoms with van der Waals surface area (Å²) in [6.45, 7) is 0.455. The number of carbonyl (C=O) groups excluding carboxylic acids is 1. The number of nitrogens with two attached hydrogens (primary N) is 1. The molecule has 9 nitrogen and oxygen atoms in total. The quantitative estimate of drug-likeness (QED) is 0.236. The standard InChI is InChI=1S/C8H15N5O4S/c9-6(7(14)15)5-18-4-2-11-8(16)17-3-1-12-13-10/h6H,1-5,9H2,(H,11,16)(H,14,15). The number of aliphatic carboxylic acids is 1. The summed E-state index contributed by atoms with van der Waals surface area (Å²) in [7, 11) is 0. The summed E-state index contributed by atoms with van der Waals surface area (Å²) in [6.07, 6.45) is -0.605. The molecule has 0 saturated heterocycles. The highest BCUT2D eigenvalue weighted by molar-refractivity contribution is 7.99. The number of alkyl carbamates (subject to hydrolysis) is 1. The fraction of sp³-hybridized carbons (Fsp3) is 0.750. The number of carboxylic acids is 1. The normalized spacial score (nSPS) is 11.2. The van der Waals surface area contributed by atoms with Gasteiger partial charge in [-0.3, -0.25) is 4.79 Å². The van der Waals surface area contributed by atoms with E-state index < -0.39 is 18.1 Å². The molecule has 0 spiro atoms. The lowest BCUT2D eigenvalue weighted by atomic mass is 10.4. The molecule has 0 aliphatic carbocycles. The Balaban J connectivity index is 3.40. The molecular weight excluding hydrogens is 262 g/mol. The van der Waals surface area contributed by atoms with Gasteiger partial charge in [-0.2, -0.15) is 11.8 Å². The van der Waals surface area contributed by atoms with Crippen LogP contribution in [0.4, 0.5) is 4.79 Å². The van der Waals surface area contributed by atoms with Gasteiger partial charge in [0.05, 0.1) is 13.2 Å². The van der Waals surface area contributed by atoms with Crippen LogP contribution in [-0.2, 0) is 9.53 Å². The second kappa shape index (κ2) is 10.5. The Morgan fingerprint density at radius 1 is 1.61 bits per heavy atom. The van der Waals surface area contributed by atoms with Crippen LogP contribution < -0.4 is 11.1 Å². The average Bonchev–Trinajstić information content (AvgIpc) is 2.33. The minimum atomic E-state index is -1.05. The Bertz CT molecular complexity index is 321. The molecule has 0 aromatic rings. The number of azide groups is 1. The lowest BCUT2D eigenvalue weighted by Gasteiger charge is -2.07. The predicted octanol–water partition coefficient (Wildman–Crippen LogP) is 0.168. The van der Waals surface area contributed by atoms with Gasteiger partial charge < -0.3 is 20.9 Å². The number of nitrogens with one attached hydrogen (secondary N) is 1. The first kappa shape index (κ1) is 16.4. The van der Waals surface area contributed by atoms with Crippen molar-refractivity contribution in [3.8, 4) is 0 Å². The molecular formula is C8H15N5O4S. The van der Waals surface area contributed by atoms with Gasteiger partial charge in [0.1, 0.15) is 6.04 Å². The van der Waals surface area contributed by atoms with Gasteiger partial charge in [0, 0.05) is 23.0 Å². The SMILES string of the molecule is [N-]=[N+]=NCCOC(=O)NCCSCC(N)C(=O)O. The van der Waals surface area contributed by atoms with Crippen LogP contribution in [0.1, 0.15) is 0 Å². The van der Waals surface area contributed by atoms with Gasteiger partial charge in [0.25, 0.3) is 0 Å². The number of thioether (sulfide) groups is 1. The van der Waals surface area contributed by atoms with Crippen molar-refractivity contribution in [2.24, 2.45) is 10.8 Å². The molecule has 0 radical (unpaired) electrons. The van der Waals surface area contributed by atoms with Crippen LogP contribution in [0, 0.1) is 0 Å². The number of hydrogen-bond acceptors (Lipinski definition) is 6. The molecule has 1 atom stereocenters. The van der Waals surface area contributed by atoms with Crippen LogP contribution in [0.5, 0.6) is 0 Å². The van der Waals surface area contributed by atoms with E-state index in [4.69, 9.17) is 16.4 Å². The van der Waals surface area contributed by atoms with Crippen LogP contribution in [0.3, 0.4) is 0 Å². The second-order valence-corrected chi connectivity index (χ2v) is 4.19. The number of carbonyl (C=O) groups is 2. The van der Waals surface area contributed by atoms with E-state index in [-0.39, 0.29) is 18.9 Å². The number of ether oxygens (including phenoxy) is 1. The second-order valence-electron chi connectivity index (χ2n) is 3.04. The summed E-state index contributed by atoms with van der Waals surface area (Å²) >= 11 is 1.32. The van der Waals surface area contributed by atoms with Crippen molar-refractivity contribution in [1.29, 1.82) is 0 Å². The lowest BCUT2D eigenvalue weighted by Crippen LogP contribution is -2.33. The molecule has 102 valence electrons. The van der Waals surface area contributed by atoms with E-state index in [1.54, 1.807) is 0 Å². The first-order chi connectivity index (χ1) is 8.57. The van der Waals surface area contributed by atoms with Crippen molar-refractivity contribution >= 4 is 23.8 Å². The number of nitrogens with zero attached hydrogens (tertiary/aromatic N) is 3. The Kier molecular flexibility index (Phi) is 9.55. The van der Waals surface area contributed by atoms with Crippen LogP contribution in [0.2, 0.25) is 0 Å². The van der Waals surface area contributed by atoms with Crippen LogP contribution in [-0.4, -0.2) is 54.4 Å². The topological polar surface area (TPSA) is 150 Å². The predicted molar refractivity (Wildman–Crippen MR) is 66.3 cm³/mol. The molecule has 1 unspecified atom stereocenters. The van der Waals surface area contributed by atoms with Gasteiger partial charge in [-0.25, -0.2) is 4.79 Å². The molecule has 4 N–H and O–H groups in total. The highest BCUT2D eigenvalue weighted by Crippen LogP contribution is 2.00. The zero-order valence-corrected chi connectivity index (χ0v) is 10.4. The maximum Gasteiger partial charge on any atom is 0.407 e. The smallest absolute Gasteiger partial charge is 0.407 e. The van der Waals surface area contributed by atoms with Gasteiger partial charge in [-0.05, 0) is 5.53 Å². The zero-order valence-electron chi connectivity index (χ0n) is 9.61. The first-order valence-corrected chi connectivity index (χ1v) is 6.21. The van der Waals surface area contributed by atoms with E-state index in [0.29, 0.717) is 12.3 Å². The third-order valence-corrected chi connectivity index (χ3v) is 2.71. The van der Waals surface area contributed by atoms with Crippen molar-refractivity contribution in [3.05, 3.63) is 10.4 Å². The minimum Gasteiger partial charge on any atom is -0.480 e. The number of amides is 1. The number of carboxylic acid groups (broad SMARTS) is 1. The largest absolute Gasteiger partial charge is 0.480 e. The molecule has 0 aliphatic heterocycles.